The van der Waals surface area contributed by atoms with Crippen LogP contribution in [0.3, 0.4) is 0 Å². The highest BCUT2D eigenvalue weighted by molar-refractivity contribution is 7.13. The summed E-state index contributed by atoms with van der Waals surface area (Å²) >= 11 is 19.1. The van der Waals surface area contributed by atoms with Gasteiger partial charge in [0, 0.05) is 0 Å². The van der Waals surface area contributed by atoms with E-state index in [4.69, 9.17) is 34.8 Å². The lowest BCUT2D eigenvalue weighted by atomic mass is 10.3. The van der Waals surface area contributed by atoms with E-state index in [-0.39, 0.29) is 5.15 Å². The number of pyridine rings is 1. The fraction of sp³-hybridized carbons (Fsp3) is 0. The molecule has 0 bridgehead atoms. The van der Waals surface area contributed by atoms with E-state index in [1.165, 1.54) is 0 Å². The normalized spacial score (nSPS) is 10.5. The molecule has 0 amide bonds. The molecule has 0 saturated carbocycles. The first kappa shape index (κ1) is 10.2. The molecule has 0 aromatic carbocycles. The minimum atomic E-state index is 0.277. The standard InChI is InChI=1S/C9H4Cl3NS/c10-5-4-6(11)9(12)13-8(5)7-2-1-3-14-7/h1-4H. The molecule has 14 heavy (non-hydrogen) atoms. The molecule has 0 fully saturated rings. The molecule has 2 aromatic rings. The van der Waals surface area contributed by atoms with E-state index in [1.54, 1.807) is 17.4 Å². The zero-order chi connectivity index (χ0) is 10.1. The lowest BCUT2D eigenvalue weighted by Crippen LogP contribution is -1.84. The van der Waals surface area contributed by atoms with Crippen molar-refractivity contribution < 1.29 is 0 Å². The van der Waals surface area contributed by atoms with Crippen molar-refractivity contribution in [1.29, 1.82) is 0 Å². The van der Waals surface area contributed by atoms with Gasteiger partial charge in [0.15, 0.2) is 0 Å². The van der Waals surface area contributed by atoms with Crippen molar-refractivity contribution in [3.05, 3.63) is 38.8 Å². The topological polar surface area (TPSA) is 12.9 Å². The van der Waals surface area contributed by atoms with Gasteiger partial charge in [-0.15, -0.1) is 11.3 Å². The summed E-state index contributed by atoms with van der Waals surface area (Å²) in [5, 5.41) is 3.12. The van der Waals surface area contributed by atoms with Crippen LogP contribution in [0.25, 0.3) is 10.6 Å². The molecule has 0 atom stereocenters. The summed E-state index contributed by atoms with van der Waals surface area (Å²) in [7, 11) is 0. The van der Waals surface area contributed by atoms with E-state index in [9.17, 15) is 0 Å². The Morgan fingerprint density at radius 2 is 1.93 bits per heavy atom. The van der Waals surface area contributed by atoms with Crippen LogP contribution in [0.2, 0.25) is 15.2 Å². The van der Waals surface area contributed by atoms with Gasteiger partial charge in [-0.3, -0.25) is 0 Å². The first-order chi connectivity index (χ1) is 6.68. The van der Waals surface area contributed by atoms with Crippen molar-refractivity contribution in [3.8, 4) is 10.6 Å². The maximum Gasteiger partial charge on any atom is 0.148 e. The van der Waals surface area contributed by atoms with Crippen molar-refractivity contribution in [1.82, 2.24) is 4.98 Å². The smallest absolute Gasteiger partial charge is 0.148 e. The largest absolute Gasteiger partial charge is 0.232 e. The maximum absolute atomic E-state index is 5.99. The van der Waals surface area contributed by atoms with Crippen LogP contribution in [0.4, 0.5) is 0 Å². The summed E-state index contributed by atoms with van der Waals surface area (Å²) in [6, 6.07) is 5.47. The number of rotatable bonds is 1. The molecule has 72 valence electrons. The average Bonchev–Trinajstić information content (AvgIpc) is 2.64. The van der Waals surface area contributed by atoms with Crippen molar-refractivity contribution >= 4 is 46.1 Å². The van der Waals surface area contributed by atoms with E-state index < -0.39 is 0 Å². The van der Waals surface area contributed by atoms with Crippen LogP contribution in [0.1, 0.15) is 0 Å². The van der Waals surface area contributed by atoms with Gasteiger partial charge in [-0.1, -0.05) is 40.9 Å². The second-order valence-corrected chi connectivity index (χ2v) is 4.69. The van der Waals surface area contributed by atoms with E-state index >= 15 is 0 Å². The molecule has 0 saturated heterocycles. The van der Waals surface area contributed by atoms with Crippen LogP contribution in [0.5, 0.6) is 0 Å². The third kappa shape index (κ3) is 1.89. The molecule has 0 unspecified atom stereocenters. The lowest BCUT2D eigenvalue weighted by Gasteiger charge is -2.02. The molecule has 2 aromatic heterocycles. The van der Waals surface area contributed by atoms with Gasteiger partial charge in [-0.05, 0) is 17.5 Å². The molecule has 5 heteroatoms. The summed E-state index contributed by atoms with van der Waals surface area (Å²) in [4.78, 5) is 5.11. The van der Waals surface area contributed by atoms with Gasteiger partial charge in [0.05, 0.1) is 14.9 Å². The average molecular weight is 265 g/mol. The molecule has 1 nitrogen and oxygen atoms in total. The highest BCUT2D eigenvalue weighted by atomic mass is 35.5. The van der Waals surface area contributed by atoms with Crippen LogP contribution in [0, 0.1) is 0 Å². The lowest BCUT2D eigenvalue weighted by molar-refractivity contribution is 1.34. The van der Waals surface area contributed by atoms with Gasteiger partial charge in [-0.2, -0.15) is 0 Å². The number of nitrogens with zero attached hydrogens (tertiary/aromatic N) is 1. The summed E-state index contributed by atoms with van der Waals surface area (Å²) in [6.45, 7) is 0. The van der Waals surface area contributed by atoms with Gasteiger partial charge in [0.2, 0.25) is 0 Å². The number of halogens is 3. The van der Waals surface area contributed by atoms with Crippen molar-refractivity contribution in [2.75, 3.05) is 0 Å². The fourth-order valence-electron chi connectivity index (χ4n) is 1.03. The van der Waals surface area contributed by atoms with Gasteiger partial charge in [-0.25, -0.2) is 4.98 Å². The van der Waals surface area contributed by atoms with E-state index in [2.05, 4.69) is 4.98 Å². The molecular weight excluding hydrogens is 261 g/mol. The monoisotopic (exact) mass is 263 g/mol. The highest BCUT2D eigenvalue weighted by Crippen LogP contribution is 2.34. The van der Waals surface area contributed by atoms with Crippen molar-refractivity contribution in [2.45, 2.75) is 0 Å². The SMILES string of the molecule is Clc1cc(Cl)c(-c2cccs2)nc1Cl. The van der Waals surface area contributed by atoms with Gasteiger partial charge in [0.25, 0.3) is 0 Å². The Labute approximate surface area is 100 Å². The van der Waals surface area contributed by atoms with Crippen molar-refractivity contribution in [2.24, 2.45) is 0 Å². The van der Waals surface area contributed by atoms with Gasteiger partial charge < -0.3 is 0 Å². The summed E-state index contributed by atoms with van der Waals surface area (Å²) in [6.07, 6.45) is 0. The van der Waals surface area contributed by atoms with Crippen LogP contribution in [-0.2, 0) is 0 Å². The quantitative estimate of drug-likeness (QED) is 0.676. The third-order valence-corrected chi connectivity index (χ3v) is 3.48. The Balaban J connectivity index is 2.60. The molecular formula is C9H4Cl3NS. The molecule has 0 aliphatic heterocycles. The number of hydrogen-bond acceptors (Lipinski definition) is 2. The molecule has 0 aliphatic carbocycles. The highest BCUT2D eigenvalue weighted by Gasteiger charge is 2.10. The van der Waals surface area contributed by atoms with E-state index in [1.807, 2.05) is 17.5 Å². The summed E-state index contributed by atoms with van der Waals surface area (Å²) in [5.74, 6) is 0. The van der Waals surface area contributed by atoms with Gasteiger partial charge >= 0.3 is 0 Å². The number of aromatic nitrogens is 1. The predicted octanol–water partition coefficient (Wildman–Crippen LogP) is 4.77. The molecule has 2 heterocycles. The van der Waals surface area contributed by atoms with E-state index in [0.29, 0.717) is 15.7 Å². The van der Waals surface area contributed by atoms with Crippen molar-refractivity contribution in [3.63, 3.8) is 0 Å². The van der Waals surface area contributed by atoms with Crippen LogP contribution in [-0.4, -0.2) is 4.98 Å². The van der Waals surface area contributed by atoms with Crippen LogP contribution < -0.4 is 0 Å². The zero-order valence-corrected chi connectivity index (χ0v) is 9.88. The Morgan fingerprint density at radius 1 is 1.14 bits per heavy atom. The van der Waals surface area contributed by atoms with Crippen LogP contribution in [0.15, 0.2) is 23.6 Å². The minimum Gasteiger partial charge on any atom is -0.232 e. The van der Waals surface area contributed by atoms with E-state index in [0.717, 1.165) is 4.88 Å². The Hall–Kier alpha value is -0.280. The zero-order valence-electron chi connectivity index (χ0n) is 6.80. The maximum atomic E-state index is 5.99. The first-order valence-corrected chi connectivity index (χ1v) is 5.75. The van der Waals surface area contributed by atoms with Crippen LogP contribution >= 0.6 is 46.1 Å². The second kappa shape index (κ2) is 4.07. The summed E-state index contributed by atoms with van der Waals surface area (Å²) in [5.41, 5.74) is 0.677. The summed E-state index contributed by atoms with van der Waals surface area (Å²) < 4.78 is 0. The molecule has 0 spiro atoms. The predicted molar refractivity (Wildman–Crippen MR) is 62.6 cm³/mol. The number of thiophene rings is 1. The Kier molecular flexibility index (Phi) is 2.98. The Morgan fingerprint density at radius 3 is 2.57 bits per heavy atom. The fourth-order valence-corrected chi connectivity index (χ4v) is 2.41. The molecule has 0 radical (unpaired) electrons. The molecule has 0 aliphatic rings. The Bertz CT molecular complexity index is 453. The number of hydrogen-bond donors (Lipinski definition) is 0. The second-order valence-electron chi connectivity index (χ2n) is 2.57. The molecule has 2 rings (SSSR count). The minimum absolute atomic E-state index is 0.277. The van der Waals surface area contributed by atoms with Gasteiger partial charge in [0.1, 0.15) is 10.8 Å². The third-order valence-electron chi connectivity index (χ3n) is 1.64. The first-order valence-electron chi connectivity index (χ1n) is 3.74. The molecule has 0 N–H and O–H groups in total.